The molecule has 2 aliphatic heterocycles. The molecule has 4 rings (SSSR count). The third-order valence-corrected chi connectivity index (χ3v) is 7.70. The number of esters is 1. The van der Waals surface area contributed by atoms with E-state index in [1.165, 1.54) is 16.2 Å². The Kier molecular flexibility index (Phi) is 6.23. The van der Waals surface area contributed by atoms with Gasteiger partial charge in [-0.05, 0) is 55.9 Å². The second-order valence-corrected chi connectivity index (χ2v) is 9.89. The van der Waals surface area contributed by atoms with Gasteiger partial charge in [-0.1, -0.05) is 23.8 Å². The van der Waals surface area contributed by atoms with E-state index >= 15 is 0 Å². The standard InChI is InChI=1S/C23H26N2O4S2/c1-4-29-22(28)23(11-13-30-3)18-17(19(24-23)16-6-5-12-31-16)20(26)25(21(18)27)15-9-7-14(2)8-10-15/h5-10,12,17-19,24H,4,11,13H2,1-3H3. The Morgan fingerprint density at radius 1 is 1.23 bits per heavy atom. The molecule has 0 radical (unpaired) electrons. The average Bonchev–Trinajstić information content (AvgIpc) is 3.45. The zero-order chi connectivity index (χ0) is 22.2. The van der Waals surface area contributed by atoms with E-state index in [0.717, 1.165) is 10.4 Å². The molecule has 2 saturated heterocycles. The summed E-state index contributed by atoms with van der Waals surface area (Å²) >= 11 is 3.12. The number of nitrogens with zero attached hydrogens (tertiary/aromatic N) is 1. The van der Waals surface area contributed by atoms with Gasteiger partial charge in [0.2, 0.25) is 11.8 Å². The first-order valence-corrected chi connectivity index (χ1v) is 12.6. The number of aryl methyl sites for hydroxylation is 1. The minimum Gasteiger partial charge on any atom is -0.465 e. The highest BCUT2D eigenvalue weighted by atomic mass is 32.2. The molecule has 1 aromatic carbocycles. The van der Waals surface area contributed by atoms with E-state index in [0.29, 0.717) is 17.9 Å². The molecule has 0 aliphatic carbocycles. The number of rotatable bonds is 7. The van der Waals surface area contributed by atoms with Crippen LogP contribution in [0.4, 0.5) is 5.69 Å². The van der Waals surface area contributed by atoms with Crippen molar-refractivity contribution in [1.82, 2.24) is 5.32 Å². The summed E-state index contributed by atoms with van der Waals surface area (Å²) in [5, 5.41) is 5.37. The first-order chi connectivity index (χ1) is 14.9. The highest BCUT2D eigenvalue weighted by Gasteiger charge is 2.68. The zero-order valence-corrected chi connectivity index (χ0v) is 19.4. The second-order valence-electron chi connectivity index (χ2n) is 7.92. The van der Waals surface area contributed by atoms with Crippen LogP contribution in [-0.2, 0) is 19.1 Å². The molecule has 0 saturated carbocycles. The summed E-state index contributed by atoms with van der Waals surface area (Å²) in [5.41, 5.74) is 0.356. The molecule has 164 valence electrons. The lowest BCUT2D eigenvalue weighted by Crippen LogP contribution is -2.57. The number of hydrogen-bond donors (Lipinski definition) is 1. The van der Waals surface area contributed by atoms with Crippen LogP contribution in [-0.4, -0.2) is 41.9 Å². The summed E-state index contributed by atoms with van der Waals surface area (Å²) in [7, 11) is 0. The number of carbonyl (C=O) groups is 3. The van der Waals surface area contributed by atoms with E-state index in [1.54, 1.807) is 30.8 Å². The van der Waals surface area contributed by atoms with Crippen LogP contribution in [0.3, 0.4) is 0 Å². The van der Waals surface area contributed by atoms with Gasteiger partial charge in [0.25, 0.3) is 0 Å². The van der Waals surface area contributed by atoms with Crippen molar-refractivity contribution in [3.05, 3.63) is 52.2 Å². The van der Waals surface area contributed by atoms with Gasteiger partial charge >= 0.3 is 5.97 Å². The van der Waals surface area contributed by atoms with Gasteiger partial charge in [0.1, 0.15) is 5.54 Å². The molecule has 1 N–H and O–H groups in total. The van der Waals surface area contributed by atoms with Gasteiger partial charge in [0.05, 0.1) is 30.2 Å². The fourth-order valence-electron chi connectivity index (χ4n) is 4.71. The summed E-state index contributed by atoms with van der Waals surface area (Å²) in [6, 6.07) is 10.8. The summed E-state index contributed by atoms with van der Waals surface area (Å²) in [4.78, 5) is 42.9. The second kappa shape index (κ2) is 8.76. The minimum absolute atomic E-state index is 0.215. The van der Waals surface area contributed by atoms with Gasteiger partial charge < -0.3 is 4.74 Å². The van der Waals surface area contributed by atoms with Crippen molar-refractivity contribution in [2.75, 3.05) is 23.5 Å². The number of imide groups is 1. The number of nitrogens with one attached hydrogen (secondary N) is 1. The number of benzene rings is 1. The van der Waals surface area contributed by atoms with E-state index in [2.05, 4.69) is 5.32 Å². The average molecular weight is 459 g/mol. The molecule has 2 fully saturated rings. The molecule has 4 atom stereocenters. The fraction of sp³-hybridized carbons (Fsp3) is 0.435. The summed E-state index contributed by atoms with van der Waals surface area (Å²) in [5.74, 6) is -1.85. The van der Waals surface area contributed by atoms with Crippen LogP contribution >= 0.6 is 23.1 Å². The smallest absolute Gasteiger partial charge is 0.327 e. The number of anilines is 1. The van der Waals surface area contributed by atoms with E-state index in [4.69, 9.17) is 4.74 Å². The quantitative estimate of drug-likeness (QED) is 0.505. The molecule has 0 spiro atoms. The first-order valence-electron chi connectivity index (χ1n) is 10.4. The third-order valence-electron chi connectivity index (χ3n) is 6.14. The van der Waals surface area contributed by atoms with Gasteiger partial charge in [-0.25, -0.2) is 4.90 Å². The monoisotopic (exact) mass is 458 g/mol. The topological polar surface area (TPSA) is 75.7 Å². The van der Waals surface area contributed by atoms with Gasteiger partial charge in [-0.3, -0.25) is 19.7 Å². The maximum atomic E-state index is 13.7. The van der Waals surface area contributed by atoms with Crippen LogP contribution in [0.25, 0.3) is 0 Å². The predicted molar refractivity (Wildman–Crippen MR) is 123 cm³/mol. The normalized spacial score (nSPS) is 27.6. The van der Waals surface area contributed by atoms with E-state index in [9.17, 15) is 14.4 Å². The van der Waals surface area contributed by atoms with Gasteiger partial charge in [-0.15, -0.1) is 11.3 Å². The SMILES string of the molecule is CCOC(=O)C1(CCSC)NC(c2cccs2)C2C(=O)N(c3ccc(C)cc3)C(=O)C21. The Morgan fingerprint density at radius 2 is 1.97 bits per heavy atom. The van der Waals surface area contributed by atoms with Gasteiger partial charge in [-0.2, -0.15) is 11.8 Å². The number of thiophene rings is 1. The van der Waals surface area contributed by atoms with Crippen LogP contribution < -0.4 is 10.2 Å². The van der Waals surface area contributed by atoms with Crippen molar-refractivity contribution in [3.8, 4) is 0 Å². The van der Waals surface area contributed by atoms with Gasteiger partial charge in [0, 0.05) is 4.88 Å². The molecule has 2 aromatic rings. The zero-order valence-electron chi connectivity index (χ0n) is 17.8. The van der Waals surface area contributed by atoms with Crippen LogP contribution in [0.1, 0.15) is 29.8 Å². The highest BCUT2D eigenvalue weighted by molar-refractivity contribution is 7.98. The Labute approximate surface area is 190 Å². The molecular weight excluding hydrogens is 432 g/mol. The number of carbonyl (C=O) groups excluding carboxylic acids is 3. The number of thioether (sulfide) groups is 1. The number of amides is 2. The highest BCUT2D eigenvalue weighted by Crippen LogP contribution is 2.52. The molecule has 2 amide bonds. The van der Waals surface area contributed by atoms with E-state index < -0.39 is 29.4 Å². The van der Waals surface area contributed by atoms with Crippen LogP contribution in [0.2, 0.25) is 0 Å². The molecule has 3 heterocycles. The van der Waals surface area contributed by atoms with Crippen molar-refractivity contribution in [3.63, 3.8) is 0 Å². The van der Waals surface area contributed by atoms with E-state index in [-0.39, 0.29) is 18.4 Å². The lowest BCUT2D eigenvalue weighted by molar-refractivity contribution is -0.154. The van der Waals surface area contributed by atoms with Crippen molar-refractivity contribution >= 4 is 46.6 Å². The molecule has 0 bridgehead atoms. The van der Waals surface area contributed by atoms with Crippen molar-refractivity contribution in [2.45, 2.75) is 31.8 Å². The lowest BCUT2D eigenvalue weighted by Gasteiger charge is -2.32. The van der Waals surface area contributed by atoms with Crippen LogP contribution in [0.5, 0.6) is 0 Å². The summed E-state index contributed by atoms with van der Waals surface area (Å²) in [6.45, 7) is 3.92. The predicted octanol–water partition coefficient (Wildman–Crippen LogP) is 3.56. The molecule has 2 aliphatic rings. The van der Waals surface area contributed by atoms with Crippen molar-refractivity contribution in [1.29, 1.82) is 0 Å². The Morgan fingerprint density at radius 3 is 2.58 bits per heavy atom. The number of fused-ring (bicyclic) bond motifs is 1. The van der Waals surface area contributed by atoms with Gasteiger partial charge in [0.15, 0.2) is 0 Å². The first kappa shape index (κ1) is 22.0. The molecular formula is C23H26N2O4S2. The van der Waals surface area contributed by atoms with Crippen molar-refractivity contribution in [2.24, 2.45) is 11.8 Å². The Hall–Kier alpha value is -2.16. The number of hydrogen-bond acceptors (Lipinski definition) is 7. The number of ether oxygens (including phenoxy) is 1. The van der Waals surface area contributed by atoms with Crippen LogP contribution in [0.15, 0.2) is 41.8 Å². The molecule has 31 heavy (non-hydrogen) atoms. The third kappa shape index (κ3) is 3.60. The van der Waals surface area contributed by atoms with E-state index in [1.807, 2.05) is 42.8 Å². The molecule has 1 aromatic heterocycles. The minimum atomic E-state index is -1.23. The maximum Gasteiger partial charge on any atom is 0.327 e. The molecule has 4 unspecified atom stereocenters. The summed E-state index contributed by atoms with van der Waals surface area (Å²) < 4.78 is 5.45. The largest absolute Gasteiger partial charge is 0.465 e. The summed E-state index contributed by atoms with van der Waals surface area (Å²) in [6.07, 6.45) is 2.37. The lowest BCUT2D eigenvalue weighted by atomic mass is 9.78. The Balaban J connectivity index is 1.83. The van der Waals surface area contributed by atoms with Crippen molar-refractivity contribution < 1.29 is 19.1 Å². The molecule has 8 heteroatoms. The maximum absolute atomic E-state index is 13.7. The fourth-order valence-corrected chi connectivity index (χ4v) is 6.06. The van der Waals surface area contributed by atoms with Crippen LogP contribution in [0, 0.1) is 18.8 Å². The molecule has 6 nitrogen and oxygen atoms in total. The Bertz CT molecular complexity index is 976.